The van der Waals surface area contributed by atoms with Gasteiger partial charge in [0, 0.05) is 18.2 Å². The van der Waals surface area contributed by atoms with Gasteiger partial charge in [-0.05, 0) is 42.8 Å². The van der Waals surface area contributed by atoms with Gasteiger partial charge in [0.05, 0.1) is 17.3 Å². The summed E-state index contributed by atoms with van der Waals surface area (Å²) in [5.74, 6) is 0.837. The molecule has 3 nitrogen and oxygen atoms in total. The molecule has 2 aromatic rings. The summed E-state index contributed by atoms with van der Waals surface area (Å²) < 4.78 is 10.8. The Balaban J connectivity index is 1.84. The lowest BCUT2D eigenvalue weighted by molar-refractivity contribution is 0.110. The van der Waals surface area contributed by atoms with Crippen molar-refractivity contribution in [1.82, 2.24) is 0 Å². The van der Waals surface area contributed by atoms with Gasteiger partial charge in [0.25, 0.3) is 0 Å². The lowest BCUT2D eigenvalue weighted by Crippen LogP contribution is -2.06. The van der Waals surface area contributed by atoms with Crippen molar-refractivity contribution >= 4 is 28.9 Å². The van der Waals surface area contributed by atoms with E-state index < -0.39 is 0 Å². The predicted octanol–water partition coefficient (Wildman–Crippen LogP) is 5.02. The first kappa shape index (κ1) is 16.9. The summed E-state index contributed by atoms with van der Waals surface area (Å²) in [6, 6.07) is 13.3. The van der Waals surface area contributed by atoms with E-state index in [9.17, 15) is 0 Å². The second-order valence-electron chi connectivity index (χ2n) is 4.67. The number of nitrogens with one attached hydrogen (secondary N) is 1. The molecule has 5 heteroatoms. The number of hydrogen-bond donors (Lipinski definition) is 1. The molecule has 0 spiro atoms. The zero-order valence-electron chi connectivity index (χ0n) is 12.4. The van der Waals surface area contributed by atoms with Crippen molar-refractivity contribution in [3.05, 3.63) is 58.1 Å². The van der Waals surface area contributed by atoms with Gasteiger partial charge in [-0.1, -0.05) is 35.3 Å². The van der Waals surface area contributed by atoms with E-state index in [0.717, 1.165) is 17.0 Å². The molecular weight excluding hydrogens is 321 g/mol. The minimum atomic E-state index is 0.559. The number of ether oxygens (including phenoxy) is 2. The van der Waals surface area contributed by atoms with Crippen LogP contribution < -0.4 is 10.1 Å². The molecule has 2 aromatic carbocycles. The molecule has 0 radical (unpaired) electrons. The van der Waals surface area contributed by atoms with Crippen molar-refractivity contribution in [2.24, 2.45) is 0 Å². The first-order valence-corrected chi connectivity index (χ1v) is 7.93. The Hall–Kier alpha value is -1.42. The fourth-order valence-electron chi connectivity index (χ4n) is 1.90. The van der Waals surface area contributed by atoms with Crippen LogP contribution in [0, 0.1) is 0 Å². The van der Waals surface area contributed by atoms with Gasteiger partial charge >= 0.3 is 0 Å². The highest BCUT2D eigenvalue weighted by atomic mass is 35.5. The van der Waals surface area contributed by atoms with Gasteiger partial charge in [0.1, 0.15) is 12.4 Å². The maximum Gasteiger partial charge on any atom is 0.119 e. The number of rotatable bonds is 8. The van der Waals surface area contributed by atoms with Gasteiger partial charge in [-0.2, -0.15) is 0 Å². The summed E-state index contributed by atoms with van der Waals surface area (Å²) in [6.07, 6.45) is 0. The molecular formula is C17H19Cl2NO2. The number of halogens is 2. The smallest absolute Gasteiger partial charge is 0.119 e. The molecule has 0 aromatic heterocycles. The van der Waals surface area contributed by atoms with Crippen LogP contribution in [0.3, 0.4) is 0 Å². The maximum absolute atomic E-state index is 6.12. The van der Waals surface area contributed by atoms with E-state index in [4.69, 9.17) is 32.7 Å². The van der Waals surface area contributed by atoms with Crippen LogP contribution in [0.4, 0.5) is 5.69 Å². The van der Waals surface area contributed by atoms with Gasteiger partial charge in [0.15, 0.2) is 0 Å². The van der Waals surface area contributed by atoms with E-state index in [1.165, 1.54) is 0 Å². The molecule has 2 rings (SSSR count). The number of hydrogen-bond acceptors (Lipinski definition) is 3. The van der Waals surface area contributed by atoms with Crippen LogP contribution in [0.5, 0.6) is 5.75 Å². The maximum atomic E-state index is 6.12. The summed E-state index contributed by atoms with van der Waals surface area (Å²) >= 11 is 12.1. The fraction of sp³-hybridized carbons (Fsp3) is 0.294. The highest BCUT2D eigenvalue weighted by Gasteiger charge is 2.01. The lowest BCUT2D eigenvalue weighted by Gasteiger charge is -2.10. The van der Waals surface area contributed by atoms with E-state index in [1.807, 2.05) is 37.3 Å². The standard InChI is InChI=1S/C17H19Cl2NO2/c1-2-21-9-10-22-15-6-3-13(4-7-15)12-20-17-11-14(18)5-8-16(17)19/h3-8,11,20H,2,9-10,12H2,1H3. The van der Waals surface area contributed by atoms with Crippen LogP contribution in [0.15, 0.2) is 42.5 Å². The Kier molecular flexibility index (Phi) is 6.84. The van der Waals surface area contributed by atoms with E-state index in [-0.39, 0.29) is 0 Å². The topological polar surface area (TPSA) is 30.5 Å². The molecule has 0 amide bonds. The summed E-state index contributed by atoms with van der Waals surface area (Å²) in [6.45, 7) is 4.50. The van der Waals surface area contributed by atoms with Crippen molar-refractivity contribution in [1.29, 1.82) is 0 Å². The average molecular weight is 340 g/mol. The van der Waals surface area contributed by atoms with Gasteiger partial charge in [-0.3, -0.25) is 0 Å². The van der Waals surface area contributed by atoms with Crippen LogP contribution in [0.2, 0.25) is 10.0 Å². The van der Waals surface area contributed by atoms with E-state index in [1.54, 1.807) is 12.1 Å². The number of anilines is 1. The molecule has 0 unspecified atom stereocenters. The summed E-state index contributed by atoms with van der Waals surface area (Å²) in [5.41, 5.74) is 1.96. The molecule has 0 atom stereocenters. The average Bonchev–Trinajstić information content (AvgIpc) is 2.53. The van der Waals surface area contributed by atoms with Gasteiger partial charge in [-0.15, -0.1) is 0 Å². The Morgan fingerprint density at radius 3 is 2.50 bits per heavy atom. The molecule has 0 fully saturated rings. The van der Waals surface area contributed by atoms with Crippen LogP contribution in [-0.2, 0) is 11.3 Å². The van der Waals surface area contributed by atoms with Crippen LogP contribution in [0.25, 0.3) is 0 Å². The lowest BCUT2D eigenvalue weighted by atomic mass is 10.2. The molecule has 0 heterocycles. The highest BCUT2D eigenvalue weighted by Crippen LogP contribution is 2.26. The predicted molar refractivity (Wildman–Crippen MR) is 92.2 cm³/mol. The van der Waals surface area contributed by atoms with E-state index in [0.29, 0.717) is 36.4 Å². The third-order valence-electron chi connectivity index (χ3n) is 3.04. The Morgan fingerprint density at radius 1 is 1.00 bits per heavy atom. The molecule has 22 heavy (non-hydrogen) atoms. The Labute approximate surface area is 141 Å². The zero-order valence-corrected chi connectivity index (χ0v) is 14.0. The molecule has 0 aliphatic heterocycles. The van der Waals surface area contributed by atoms with Crippen LogP contribution in [0.1, 0.15) is 12.5 Å². The Bertz CT molecular complexity index is 588. The van der Waals surface area contributed by atoms with Crippen molar-refractivity contribution in [3.63, 3.8) is 0 Å². The zero-order chi connectivity index (χ0) is 15.8. The number of benzene rings is 2. The first-order chi connectivity index (χ1) is 10.7. The van der Waals surface area contributed by atoms with Gasteiger partial charge < -0.3 is 14.8 Å². The quantitative estimate of drug-likeness (QED) is 0.685. The molecule has 0 bridgehead atoms. The molecule has 0 aliphatic rings. The van der Waals surface area contributed by atoms with Crippen molar-refractivity contribution in [3.8, 4) is 5.75 Å². The van der Waals surface area contributed by atoms with Gasteiger partial charge in [0.2, 0.25) is 0 Å². The van der Waals surface area contributed by atoms with Crippen LogP contribution in [-0.4, -0.2) is 19.8 Å². The molecule has 1 N–H and O–H groups in total. The summed E-state index contributed by atoms with van der Waals surface area (Å²) in [7, 11) is 0. The fourth-order valence-corrected chi connectivity index (χ4v) is 2.25. The third-order valence-corrected chi connectivity index (χ3v) is 3.60. The molecule has 0 saturated heterocycles. The third kappa shape index (κ3) is 5.41. The van der Waals surface area contributed by atoms with Crippen LogP contribution >= 0.6 is 23.2 Å². The van der Waals surface area contributed by atoms with Crippen molar-refractivity contribution in [2.45, 2.75) is 13.5 Å². The minimum Gasteiger partial charge on any atom is -0.491 e. The van der Waals surface area contributed by atoms with Gasteiger partial charge in [-0.25, -0.2) is 0 Å². The largest absolute Gasteiger partial charge is 0.491 e. The molecule has 118 valence electrons. The Morgan fingerprint density at radius 2 is 1.77 bits per heavy atom. The summed E-state index contributed by atoms with van der Waals surface area (Å²) in [4.78, 5) is 0. The van der Waals surface area contributed by atoms with Crippen molar-refractivity contribution in [2.75, 3.05) is 25.1 Å². The minimum absolute atomic E-state index is 0.559. The highest BCUT2D eigenvalue weighted by molar-refractivity contribution is 6.35. The SMILES string of the molecule is CCOCCOc1ccc(CNc2cc(Cl)ccc2Cl)cc1. The normalized spacial score (nSPS) is 10.5. The second kappa shape index (κ2) is 8.89. The monoisotopic (exact) mass is 339 g/mol. The molecule has 0 aliphatic carbocycles. The van der Waals surface area contributed by atoms with E-state index in [2.05, 4.69) is 5.32 Å². The van der Waals surface area contributed by atoms with Crippen molar-refractivity contribution < 1.29 is 9.47 Å². The summed E-state index contributed by atoms with van der Waals surface area (Å²) in [5, 5.41) is 4.58. The second-order valence-corrected chi connectivity index (χ2v) is 5.51. The van der Waals surface area contributed by atoms with E-state index >= 15 is 0 Å². The first-order valence-electron chi connectivity index (χ1n) is 7.17. The molecule has 0 saturated carbocycles.